The van der Waals surface area contributed by atoms with Crippen molar-refractivity contribution in [1.82, 2.24) is 14.8 Å². The summed E-state index contributed by atoms with van der Waals surface area (Å²) in [4.78, 5) is 40.2. The maximum Gasteiger partial charge on any atom is 0.293 e. The molecule has 37 heavy (non-hydrogen) atoms. The Bertz CT molecular complexity index is 1530. The highest BCUT2D eigenvalue weighted by Crippen LogP contribution is 2.35. The van der Waals surface area contributed by atoms with Gasteiger partial charge in [-0.1, -0.05) is 72.3 Å². The van der Waals surface area contributed by atoms with Gasteiger partial charge in [-0.25, -0.2) is 0 Å². The number of amides is 3. The van der Waals surface area contributed by atoms with E-state index in [1.165, 1.54) is 4.90 Å². The molecule has 1 aliphatic rings. The van der Waals surface area contributed by atoms with Gasteiger partial charge in [0.1, 0.15) is 6.54 Å². The van der Waals surface area contributed by atoms with E-state index >= 15 is 0 Å². The molecule has 4 aromatic rings. The average molecular weight is 530 g/mol. The predicted molar refractivity (Wildman–Crippen MR) is 148 cm³/mol. The van der Waals surface area contributed by atoms with Gasteiger partial charge in [0, 0.05) is 27.7 Å². The van der Waals surface area contributed by atoms with E-state index in [0.717, 1.165) is 39.4 Å². The summed E-state index contributed by atoms with van der Waals surface area (Å²) in [5, 5.41) is 4.17. The van der Waals surface area contributed by atoms with Crippen molar-refractivity contribution in [2.75, 3.05) is 0 Å². The second kappa shape index (κ2) is 10.7. The molecule has 0 bridgehead atoms. The van der Waals surface area contributed by atoms with Gasteiger partial charge in [-0.05, 0) is 54.1 Å². The highest BCUT2D eigenvalue weighted by atomic mass is 35.5. The van der Waals surface area contributed by atoms with E-state index in [1.54, 1.807) is 24.3 Å². The number of thioether (sulfide) groups is 1. The first-order valence-electron chi connectivity index (χ1n) is 11.8. The molecule has 1 aromatic heterocycles. The molecule has 3 amide bonds. The summed E-state index contributed by atoms with van der Waals surface area (Å²) in [6.45, 7) is 2.23. The Balaban J connectivity index is 1.37. The van der Waals surface area contributed by atoms with Gasteiger partial charge in [0.15, 0.2) is 0 Å². The van der Waals surface area contributed by atoms with Crippen molar-refractivity contribution in [3.05, 3.63) is 112 Å². The Labute approximate surface area is 223 Å². The number of nitrogens with zero attached hydrogens (tertiary/aromatic N) is 2. The fraction of sp³-hybridized carbons (Fsp3) is 0.138. The number of carbonyl (C=O) groups is 3. The van der Waals surface area contributed by atoms with Crippen molar-refractivity contribution < 1.29 is 14.4 Å². The minimum Gasteiger partial charge on any atom is -0.348 e. The molecule has 2 heterocycles. The number of halogens is 1. The van der Waals surface area contributed by atoms with Crippen LogP contribution in [0.4, 0.5) is 4.79 Å². The van der Waals surface area contributed by atoms with Crippen molar-refractivity contribution in [2.24, 2.45) is 0 Å². The molecular formula is C29H24ClN3O3S. The molecule has 1 saturated heterocycles. The smallest absolute Gasteiger partial charge is 0.293 e. The number of hydrogen-bond acceptors (Lipinski definition) is 4. The van der Waals surface area contributed by atoms with Crippen LogP contribution in [-0.2, 0) is 22.7 Å². The number of para-hydroxylation sites is 1. The van der Waals surface area contributed by atoms with Gasteiger partial charge in [0.25, 0.3) is 11.1 Å². The minimum absolute atomic E-state index is 0.120. The van der Waals surface area contributed by atoms with E-state index in [-0.39, 0.29) is 36.2 Å². The standard InChI is InChI=1S/C29H24ClN3O3S/c1-19(21-9-3-2-4-10-21)31-27(34)18-32-17-22(24-12-5-6-13-25(24)32)15-26-28(35)33(29(36)37-26)16-20-8-7-11-23(30)14-20/h2-15,17,19H,16,18H2,1H3,(H,31,34)/b26-15-. The van der Waals surface area contributed by atoms with Crippen LogP contribution in [0.1, 0.15) is 29.7 Å². The number of imide groups is 1. The average Bonchev–Trinajstić information content (AvgIpc) is 3.36. The number of hydrogen-bond donors (Lipinski definition) is 1. The minimum atomic E-state index is -0.346. The topological polar surface area (TPSA) is 71.4 Å². The van der Waals surface area contributed by atoms with Crippen LogP contribution >= 0.6 is 23.4 Å². The molecule has 1 unspecified atom stereocenters. The molecular weight excluding hydrogens is 506 g/mol. The Morgan fingerprint density at radius 3 is 2.57 bits per heavy atom. The Kier molecular flexibility index (Phi) is 7.17. The maximum atomic E-state index is 13.1. The fourth-order valence-electron chi connectivity index (χ4n) is 4.38. The molecule has 5 rings (SSSR count). The highest BCUT2D eigenvalue weighted by Gasteiger charge is 2.35. The molecule has 186 valence electrons. The van der Waals surface area contributed by atoms with Gasteiger partial charge in [-0.3, -0.25) is 19.3 Å². The maximum absolute atomic E-state index is 13.1. The van der Waals surface area contributed by atoms with Gasteiger partial charge in [-0.2, -0.15) is 0 Å². The summed E-state index contributed by atoms with van der Waals surface area (Å²) >= 11 is 6.97. The molecule has 1 aliphatic heterocycles. The molecule has 0 aliphatic carbocycles. The van der Waals surface area contributed by atoms with E-state index in [0.29, 0.717) is 9.93 Å². The van der Waals surface area contributed by atoms with Crippen LogP contribution in [0.15, 0.2) is 90.0 Å². The third-order valence-corrected chi connectivity index (χ3v) is 7.34. The number of fused-ring (bicyclic) bond motifs is 1. The summed E-state index contributed by atoms with van der Waals surface area (Å²) in [5.41, 5.74) is 3.45. The molecule has 0 radical (unpaired) electrons. The summed E-state index contributed by atoms with van der Waals surface area (Å²) in [5.74, 6) is -0.466. The lowest BCUT2D eigenvalue weighted by Gasteiger charge is -2.15. The molecule has 6 nitrogen and oxygen atoms in total. The van der Waals surface area contributed by atoms with E-state index in [2.05, 4.69) is 5.32 Å². The zero-order valence-electron chi connectivity index (χ0n) is 20.1. The summed E-state index contributed by atoms with van der Waals surface area (Å²) in [7, 11) is 0. The monoisotopic (exact) mass is 529 g/mol. The van der Waals surface area contributed by atoms with Crippen LogP contribution in [0.25, 0.3) is 17.0 Å². The largest absolute Gasteiger partial charge is 0.348 e. The second-order valence-corrected chi connectivity index (χ2v) is 10.3. The van der Waals surface area contributed by atoms with Crippen molar-refractivity contribution in [3.63, 3.8) is 0 Å². The van der Waals surface area contributed by atoms with E-state index in [4.69, 9.17) is 11.6 Å². The zero-order chi connectivity index (χ0) is 25.9. The molecule has 1 fully saturated rings. The summed E-state index contributed by atoms with van der Waals surface area (Å²) in [6.07, 6.45) is 3.58. The number of aromatic nitrogens is 1. The lowest BCUT2D eigenvalue weighted by Crippen LogP contribution is -2.29. The van der Waals surface area contributed by atoms with E-state index in [1.807, 2.05) is 78.4 Å². The zero-order valence-corrected chi connectivity index (χ0v) is 21.6. The van der Waals surface area contributed by atoms with Crippen molar-refractivity contribution in [1.29, 1.82) is 0 Å². The first-order valence-corrected chi connectivity index (χ1v) is 13.0. The predicted octanol–water partition coefficient (Wildman–Crippen LogP) is 6.41. The summed E-state index contributed by atoms with van der Waals surface area (Å²) < 4.78 is 1.87. The van der Waals surface area contributed by atoms with Gasteiger partial charge >= 0.3 is 0 Å². The third-order valence-electron chi connectivity index (χ3n) is 6.20. The van der Waals surface area contributed by atoms with Gasteiger partial charge < -0.3 is 9.88 Å². The number of benzene rings is 3. The van der Waals surface area contributed by atoms with Crippen molar-refractivity contribution in [3.8, 4) is 0 Å². The van der Waals surface area contributed by atoms with Crippen molar-refractivity contribution >= 4 is 57.4 Å². The second-order valence-electron chi connectivity index (χ2n) is 8.83. The quantitative estimate of drug-likeness (QED) is 0.281. The number of nitrogens with one attached hydrogen (secondary N) is 1. The van der Waals surface area contributed by atoms with Crippen LogP contribution in [0, 0.1) is 0 Å². The molecule has 0 saturated carbocycles. The van der Waals surface area contributed by atoms with E-state index < -0.39 is 0 Å². The third kappa shape index (κ3) is 5.48. The lowest BCUT2D eigenvalue weighted by molar-refractivity contribution is -0.123. The van der Waals surface area contributed by atoms with Crippen LogP contribution < -0.4 is 5.32 Å². The van der Waals surface area contributed by atoms with Crippen LogP contribution in [-0.4, -0.2) is 26.5 Å². The fourth-order valence-corrected chi connectivity index (χ4v) is 5.43. The van der Waals surface area contributed by atoms with Gasteiger partial charge in [-0.15, -0.1) is 0 Å². The molecule has 3 aromatic carbocycles. The summed E-state index contributed by atoms with van der Waals surface area (Å²) in [6, 6.07) is 24.5. The van der Waals surface area contributed by atoms with Crippen LogP contribution in [0.3, 0.4) is 0 Å². The highest BCUT2D eigenvalue weighted by molar-refractivity contribution is 8.18. The van der Waals surface area contributed by atoms with E-state index in [9.17, 15) is 14.4 Å². The van der Waals surface area contributed by atoms with Gasteiger partial charge in [0.2, 0.25) is 5.91 Å². The molecule has 1 atom stereocenters. The first-order chi connectivity index (χ1) is 17.9. The first kappa shape index (κ1) is 24.9. The Morgan fingerprint density at radius 1 is 1.03 bits per heavy atom. The molecule has 1 N–H and O–H groups in total. The normalized spacial score (nSPS) is 15.5. The number of rotatable bonds is 7. The van der Waals surface area contributed by atoms with Crippen LogP contribution in [0.5, 0.6) is 0 Å². The van der Waals surface area contributed by atoms with Crippen molar-refractivity contribution in [2.45, 2.75) is 26.1 Å². The lowest BCUT2D eigenvalue weighted by atomic mass is 10.1. The molecule has 8 heteroatoms. The van der Waals surface area contributed by atoms with Crippen LogP contribution in [0.2, 0.25) is 5.02 Å². The Morgan fingerprint density at radius 2 is 1.78 bits per heavy atom. The molecule has 0 spiro atoms. The Hall–Kier alpha value is -3.81. The number of carbonyl (C=O) groups excluding carboxylic acids is 3. The van der Waals surface area contributed by atoms with Gasteiger partial charge in [0.05, 0.1) is 17.5 Å². The SMILES string of the molecule is CC(NC(=O)Cn1cc(/C=C2\SC(=O)N(Cc3cccc(Cl)c3)C2=O)c2ccccc21)c1ccccc1.